The minimum atomic E-state index is -1.21. The molecule has 5 nitrogen and oxygen atoms in total. The molecule has 0 aromatic carbocycles. The highest BCUT2D eigenvalue weighted by Gasteiger charge is 2.41. The van der Waals surface area contributed by atoms with Gasteiger partial charge in [0.15, 0.2) is 0 Å². The summed E-state index contributed by atoms with van der Waals surface area (Å²) in [5, 5.41) is 12.5. The molecule has 0 bridgehead atoms. The van der Waals surface area contributed by atoms with Crippen molar-refractivity contribution in [2.45, 2.75) is 0 Å². The first-order valence-corrected chi connectivity index (χ1v) is 7.75. The number of amides is 2. The summed E-state index contributed by atoms with van der Waals surface area (Å²) < 4.78 is 0. The van der Waals surface area contributed by atoms with Crippen molar-refractivity contribution in [1.29, 1.82) is 0 Å². The number of carbonyl (C=O) groups excluding carboxylic acids is 2. The lowest BCUT2D eigenvalue weighted by Gasteiger charge is -2.11. The lowest BCUT2D eigenvalue weighted by atomic mass is 10.1. The number of carboxylic acid groups (broad SMARTS) is 1. The molecule has 2 aromatic heterocycles. The Kier molecular flexibility index (Phi) is 3.44. The third-order valence-corrected chi connectivity index (χ3v) is 4.77. The van der Waals surface area contributed by atoms with Crippen molar-refractivity contribution in [1.82, 2.24) is 4.90 Å². The zero-order chi connectivity index (χ0) is 15.0. The predicted octanol–water partition coefficient (Wildman–Crippen LogP) is 2.17. The van der Waals surface area contributed by atoms with Crippen LogP contribution in [0.3, 0.4) is 0 Å². The van der Waals surface area contributed by atoms with Crippen LogP contribution in [0.25, 0.3) is 11.1 Å². The van der Waals surface area contributed by atoms with Crippen molar-refractivity contribution in [3.63, 3.8) is 0 Å². The Labute approximate surface area is 127 Å². The van der Waals surface area contributed by atoms with Crippen LogP contribution in [0, 0.1) is 0 Å². The van der Waals surface area contributed by atoms with Crippen LogP contribution in [-0.2, 0) is 14.4 Å². The van der Waals surface area contributed by atoms with Gasteiger partial charge in [-0.05, 0) is 22.9 Å². The van der Waals surface area contributed by atoms with Gasteiger partial charge >= 0.3 is 5.97 Å². The zero-order valence-corrected chi connectivity index (χ0v) is 12.2. The summed E-state index contributed by atoms with van der Waals surface area (Å²) in [6.07, 6.45) is 0. The number of thiophene rings is 2. The molecule has 0 aliphatic carbocycles. The number of hydrogen-bond acceptors (Lipinski definition) is 5. The van der Waals surface area contributed by atoms with Gasteiger partial charge in [0.25, 0.3) is 11.8 Å². The topological polar surface area (TPSA) is 74.7 Å². The second-order valence-electron chi connectivity index (χ2n) is 4.29. The second kappa shape index (κ2) is 5.27. The number of hydrogen-bond donors (Lipinski definition) is 1. The minimum Gasteiger partial charge on any atom is -0.480 e. The third kappa shape index (κ3) is 2.30. The fraction of sp³-hybridized carbons (Fsp3) is 0.0714. The Balaban J connectivity index is 2.15. The molecule has 0 atom stereocenters. The van der Waals surface area contributed by atoms with E-state index in [0.29, 0.717) is 20.9 Å². The molecule has 0 saturated carbocycles. The molecule has 3 heterocycles. The van der Waals surface area contributed by atoms with Gasteiger partial charge in [0.05, 0.1) is 11.1 Å². The summed E-state index contributed by atoms with van der Waals surface area (Å²) in [4.78, 5) is 37.9. The number of nitrogens with zero attached hydrogens (tertiary/aromatic N) is 1. The predicted molar refractivity (Wildman–Crippen MR) is 79.8 cm³/mol. The molecule has 1 aliphatic heterocycles. The lowest BCUT2D eigenvalue weighted by Crippen LogP contribution is -2.36. The van der Waals surface area contributed by atoms with Gasteiger partial charge in [0.2, 0.25) is 0 Å². The largest absolute Gasteiger partial charge is 0.480 e. The number of carbonyl (C=O) groups is 3. The maximum absolute atomic E-state index is 12.5. The standard InChI is InChI=1S/C14H9NO4S2/c16-10(17)7-15-13(18)11(8-3-1-5-20-8)12(14(15)19)9-4-2-6-21-9/h1-6H,7H2,(H,16,17). The summed E-state index contributed by atoms with van der Waals surface area (Å²) in [5.41, 5.74) is 0.581. The molecule has 21 heavy (non-hydrogen) atoms. The summed E-state index contributed by atoms with van der Waals surface area (Å²) in [7, 11) is 0. The van der Waals surface area contributed by atoms with E-state index in [-0.39, 0.29) is 0 Å². The van der Waals surface area contributed by atoms with Crippen LogP contribution < -0.4 is 0 Å². The Hall–Kier alpha value is -2.25. The summed E-state index contributed by atoms with van der Waals surface area (Å²) in [5.74, 6) is -2.31. The molecular weight excluding hydrogens is 310 g/mol. The first-order valence-electron chi connectivity index (χ1n) is 5.99. The van der Waals surface area contributed by atoms with Gasteiger partial charge in [-0.3, -0.25) is 19.3 Å². The van der Waals surface area contributed by atoms with Crippen LogP contribution >= 0.6 is 22.7 Å². The summed E-state index contributed by atoms with van der Waals surface area (Å²) >= 11 is 2.70. The molecule has 0 unspecified atom stereocenters. The van der Waals surface area contributed by atoms with Gasteiger partial charge in [0, 0.05) is 9.75 Å². The molecule has 106 valence electrons. The van der Waals surface area contributed by atoms with E-state index < -0.39 is 24.3 Å². The van der Waals surface area contributed by atoms with Crippen LogP contribution in [0.2, 0.25) is 0 Å². The number of rotatable bonds is 4. The molecule has 7 heteroatoms. The van der Waals surface area contributed by atoms with E-state index in [4.69, 9.17) is 5.11 Å². The highest BCUT2D eigenvalue weighted by atomic mass is 32.1. The Morgan fingerprint density at radius 1 is 1.00 bits per heavy atom. The van der Waals surface area contributed by atoms with Gasteiger partial charge in [-0.15, -0.1) is 22.7 Å². The molecular formula is C14H9NO4S2. The van der Waals surface area contributed by atoms with Crippen LogP contribution in [-0.4, -0.2) is 34.3 Å². The SMILES string of the molecule is O=C(O)CN1C(=O)C(c2cccs2)=C(c2cccs2)C1=O. The fourth-order valence-corrected chi connectivity index (χ4v) is 3.69. The molecule has 0 radical (unpaired) electrons. The third-order valence-electron chi connectivity index (χ3n) is 3.00. The average Bonchev–Trinajstić information content (AvgIpc) is 3.14. The average molecular weight is 319 g/mol. The normalized spacial score (nSPS) is 15.1. The lowest BCUT2D eigenvalue weighted by molar-refractivity contribution is -0.147. The summed E-state index contributed by atoms with van der Waals surface area (Å²) in [6.45, 7) is -0.624. The van der Waals surface area contributed by atoms with E-state index in [1.54, 1.807) is 24.3 Å². The van der Waals surface area contributed by atoms with Gasteiger partial charge in [-0.1, -0.05) is 12.1 Å². The van der Waals surface area contributed by atoms with E-state index in [0.717, 1.165) is 4.90 Å². The van der Waals surface area contributed by atoms with Gasteiger partial charge in [0.1, 0.15) is 6.54 Å². The zero-order valence-electron chi connectivity index (χ0n) is 10.6. The van der Waals surface area contributed by atoms with Crippen LogP contribution in [0.5, 0.6) is 0 Å². The van der Waals surface area contributed by atoms with Gasteiger partial charge in [-0.2, -0.15) is 0 Å². The van der Waals surface area contributed by atoms with E-state index in [1.165, 1.54) is 22.7 Å². The van der Waals surface area contributed by atoms with E-state index in [1.807, 2.05) is 10.8 Å². The molecule has 1 aliphatic rings. The molecule has 0 saturated heterocycles. The monoisotopic (exact) mass is 319 g/mol. The van der Waals surface area contributed by atoms with Crippen molar-refractivity contribution >= 4 is 51.6 Å². The molecule has 0 spiro atoms. The molecule has 2 aromatic rings. The first kappa shape index (κ1) is 13.7. The van der Waals surface area contributed by atoms with Crippen molar-refractivity contribution in [3.05, 3.63) is 44.8 Å². The molecule has 0 fully saturated rings. The molecule has 1 N–H and O–H groups in total. The van der Waals surface area contributed by atoms with Crippen molar-refractivity contribution in [2.75, 3.05) is 6.54 Å². The Bertz CT molecular complexity index is 688. The smallest absolute Gasteiger partial charge is 0.323 e. The fourth-order valence-electron chi connectivity index (χ4n) is 2.15. The van der Waals surface area contributed by atoms with Crippen molar-refractivity contribution < 1.29 is 19.5 Å². The number of imide groups is 1. The van der Waals surface area contributed by atoms with Crippen LogP contribution in [0.1, 0.15) is 9.75 Å². The highest BCUT2D eigenvalue weighted by Crippen LogP contribution is 2.38. The molecule has 3 rings (SSSR count). The molecule has 2 amide bonds. The van der Waals surface area contributed by atoms with Gasteiger partial charge in [-0.25, -0.2) is 0 Å². The Morgan fingerprint density at radius 2 is 1.48 bits per heavy atom. The van der Waals surface area contributed by atoms with E-state index >= 15 is 0 Å². The quantitative estimate of drug-likeness (QED) is 0.877. The number of aliphatic carboxylic acids is 1. The van der Waals surface area contributed by atoms with Crippen LogP contribution in [0.15, 0.2) is 35.0 Å². The second-order valence-corrected chi connectivity index (χ2v) is 6.19. The first-order chi connectivity index (χ1) is 10.1. The van der Waals surface area contributed by atoms with Crippen LogP contribution in [0.4, 0.5) is 0 Å². The van der Waals surface area contributed by atoms with Crippen molar-refractivity contribution in [2.24, 2.45) is 0 Å². The summed E-state index contributed by atoms with van der Waals surface area (Å²) in [6, 6.07) is 7.08. The van der Waals surface area contributed by atoms with E-state index in [2.05, 4.69) is 0 Å². The van der Waals surface area contributed by atoms with E-state index in [9.17, 15) is 14.4 Å². The maximum atomic E-state index is 12.5. The highest BCUT2D eigenvalue weighted by molar-refractivity contribution is 7.13. The Morgan fingerprint density at radius 3 is 1.81 bits per heavy atom. The number of carboxylic acids is 1. The van der Waals surface area contributed by atoms with Crippen molar-refractivity contribution in [3.8, 4) is 0 Å². The van der Waals surface area contributed by atoms with Gasteiger partial charge < -0.3 is 5.11 Å². The maximum Gasteiger partial charge on any atom is 0.323 e. The minimum absolute atomic E-state index is 0.290.